The van der Waals surface area contributed by atoms with Crippen LogP contribution in [0.3, 0.4) is 0 Å². The number of benzene rings is 2. The Bertz CT molecular complexity index is 975. The third kappa shape index (κ3) is 5.25. The van der Waals surface area contributed by atoms with Crippen molar-refractivity contribution in [1.82, 2.24) is 4.90 Å². The Hall–Kier alpha value is -2.78. The zero-order valence-electron chi connectivity index (χ0n) is 19.1. The fraction of sp³-hybridized carbons (Fsp3) is 0.458. The predicted octanol–water partition coefficient (Wildman–Crippen LogP) is 3.94. The molecule has 1 atom stereocenters. The molecule has 180 valence electrons. The first-order chi connectivity index (χ1) is 15.7. The van der Waals surface area contributed by atoms with Gasteiger partial charge in [-0.05, 0) is 35.6 Å². The van der Waals surface area contributed by atoms with Crippen LogP contribution in [0.5, 0.6) is 11.5 Å². The second-order valence-electron chi connectivity index (χ2n) is 7.73. The fourth-order valence-electron chi connectivity index (χ4n) is 4.38. The summed E-state index contributed by atoms with van der Waals surface area (Å²) in [6.45, 7) is -0.576. The SMILES string of the molecule is COc1ccc2c(c1OC)CCc1ccccc1C2CN(CC(OC)OC)C(=O)C(F)(F)F. The molecule has 0 saturated carbocycles. The van der Waals surface area contributed by atoms with E-state index in [0.717, 1.165) is 27.2 Å². The van der Waals surface area contributed by atoms with E-state index < -0.39 is 24.3 Å². The first-order valence-corrected chi connectivity index (χ1v) is 10.5. The summed E-state index contributed by atoms with van der Waals surface area (Å²) in [7, 11) is 5.70. The molecule has 9 heteroatoms. The van der Waals surface area contributed by atoms with Crippen LogP contribution in [-0.4, -0.2) is 64.8 Å². The Kier molecular flexibility index (Phi) is 7.86. The molecular formula is C24H28F3NO5. The molecule has 3 rings (SSSR count). The number of hydrogen-bond acceptors (Lipinski definition) is 5. The van der Waals surface area contributed by atoms with Crippen LogP contribution in [0.2, 0.25) is 0 Å². The summed E-state index contributed by atoms with van der Waals surface area (Å²) in [4.78, 5) is 13.1. The molecule has 0 heterocycles. The minimum Gasteiger partial charge on any atom is -0.493 e. The molecule has 33 heavy (non-hydrogen) atoms. The average molecular weight is 467 g/mol. The first kappa shape index (κ1) is 24.9. The lowest BCUT2D eigenvalue weighted by Gasteiger charge is -2.32. The minimum atomic E-state index is -5.03. The van der Waals surface area contributed by atoms with Crippen LogP contribution in [0.4, 0.5) is 13.2 Å². The van der Waals surface area contributed by atoms with Crippen molar-refractivity contribution >= 4 is 5.91 Å². The molecule has 6 nitrogen and oxygen atoms in total. The monoisotopic (exact) mass is 467 g/mol. The molecule has 0 spiro atoms. The van der Waals surface area contributed by atoms with Crippen molar-refractivity contribution in [2.24, 2.45) is 0 Å². The average Bonchev–Trinajstić information content (AvgIpc) is 2.96. The van der Waals surface area contributed by atoms with E-state index in [9.17, 15) is 18.0 Å². The summed E-state index contributed by atoms with van der Waals surface area (Å²) in [6.07, 6.45) is -4.73. The highest BCUT2D eigenvalue weighted by Crippen LogP contribution is 2.42. The van der Waals surface area contributed by atoms with E-state index in [0.29, 0.717) is 24.3 Å². The standard InChI is InChI=1S/C24H28F3NO5/c1-30-20-12-11-17-18(22(20)33-4)10-9-15-7-5-6-8-16(15)19(17)13-28(14-21(31-2)32-3)23(29)24(25,26)27/h5-8,11-12,19,21H,9-10,13-14H2,1-4H3. The van der Waals surface area contributed by atoms with E-state index in [1.54, 1.807) is 6.07 Å². The summed E-state index contributed by atoms with van der Waals surface area (Å²) in [5, 5.41) is 0. The van der Waals surface area contributed by atoms with E-state index >= 15 is 0 Å². The number of hydrogen-bond donors (Lipinski definition) is 0. The molecule has 0 aromatic heterocycles. The molecule has 0 saturated heterocycles. The lowest BCUT2D eigenvalue weighted by Crippen LogP contribution is -2.47. The Labute approximate surface area is 191 Å². The highest BCUT2D eigenvalue weighted by molar-refractivity contribution is 5.82. The van der Waals surface area contributed by atoms with E-state index in [4.69, 9.17) is 18.9 Å². The van der Waals surface area contributed by atoms with Crippen LogP contribution in [0, 0.1) is 0 Å². The molecule has 1 aliphatic rings. The number of nitrogens with zero attached hydrogens (tertiary/aromatic N) is 1. The Morgan fingerprint density at radius 1 is 1.00 bits per heavy atom. The first-order valence-electron chi connectivity index (χ1n) is 10.5. The summed E-state index contributed by atoms with van der Waals surface area (Å²) >= 11 is 0. The Morgan fingerprint density at radius 2 is 1.70 bits per heavy atom. The molecule has 0 bridgehead atoms. The third-order valence-corrected chi connectivity index (χ3v) is 5.96. The predicted molar refractivity (Wildman–Crippen MR) is 116 cm³/mol. The van der Waals surface area contributed by atoms with E-state index in [2.05, 4.69) is 0 Å². The zero-order chi connectivity index (χ0) is 24.2. The number of rotatable bonds is 8. The van der Waals surface area contributed by atoms with Crippen LogP contribution >= 0.6 is 0 Å². The summed E-state index contributed by atoms with van der Waals surface area (Å²) < 4.78 is 61.7. The van der Waals surface area contributed by atoms with Gasteiger partial charge in [0, 0.05) is 32.2 Å². The van der Waals surface area contributed by atoms with Gasteiger partial charge in [-0.25, -0.2) is 0 Å². The third-order valence-electron chi connectivity index (χ3n) is 5.96. The van der Waals surface area contributed by atoms with Crippen molar-refractivity contribution in [2.75, 3.05) is 41.5 Å². The van der Waals surface area contributed by atoms with Crippen LogP contribution in [0.25, 0.3) is 0 Å². The molecular weight excluding hydrogens is 439 g/mol. The number of methoxy groups -OCH3 is 4. The van der Waals surface area contributed by atoms with Crippen LogP contribution in [0.1, 0.15) is 28.2 Å². The van der Waals surface area contributed by atoms with Gasteiger partial charge < -0.3 is 23.8 Å². The molecule has 2 aromatic carbocycles. The molecule has 1 amide bonds. The van der Waals surface area contributed by atoms with Crippen LogP contribution < -0.4 is 9.47 Å². The van der Waals surface area contributed by atoms with Crippen molar-refractivity contribution in [3.8, 4) is 11.5 Å². The maximum Gasteiger partial charge on any atom is 0.471 e. The largest absolute Gasteiger partial charge is 0.493 e. The summed E-state index contributed by atoms with van der Waals surface area (Å²) in [5.41, 5.74) is 3.53. The number of aryl methyl sites for hydroxylation is 1. The molecule has 0 radical (unpaired) electrons. The van der Waals surface area contributed by atoms with Crippen molar-refractivity contribution in [1.29, 1.82) is 0 Å². The fourth-order valence-corrected chi connectivity index (χ4v) is 4.38. The Morgan fingerprint density at radius 3 is 2.30 bits per heavy atom. The summed E-state index contributed by atoms with van der Waals surface area (Å²) in [6, 6.07) is 11.2. The maximum atomic E-state index is 13.5. The maximum absolute atomic E-state index is 13.5. The van der Waals surface area contributed by atoms with Crippen LogP contribution in [0.15, 0.2) is 36.4 Å². The van der Waals surface area contributed by atoms with Crippen molar-refractivity contribution in [3.05, 3.63) is 58.7 Å². The molecule has 0 N–H and O–H groups in total. The highest BCUT2D eigenvalue weighted by Gasteiger charge is 2.44. The topological polar surface area (TPSA) is 57.2 Å². The molecule has 2 aromatic rings. The molecule has 1 aliphatic carbocycles. The number of carbonyl (C=O) groups excluding carboxylic acids is 1. The Balaban J connectivity index is 2.13. The van der Waals surface area contributed by atoms with Crippen molar-refractivity contribution in [2.45, 2.75) is 31.2 Å². The normalized spacial score (nSPS) is 15.5. The number of amides is 1. The number of halogens is 3. The summed E-state index contributed by atoms with van der Waals surface area (Å²) in [5.74, 6) is -1.36. The quantitative estimate of drug-likeness (QED) is 0.551. The van der Waals surface area contributed by atoms with Gasteiger partial charge in [-0.15, -0.1) is 0 Å². The molecule has 0 aliphatic heterocycles. The second-order valence-corrected chi connectivity index (χ2v) is 7.73. The van der Waals surface area contributed by atoms with E-state index in [1.165, 1.54) is 28.4 Å². The van der Waals surface area contributed by atoms with E-state index in [-0.39, 0.29) is 13.1 Å². The van der Waals surface area contributed by atoms with E-state index in [1.807, 2.05) is 30.3 Å². The molecule has 1 unspecified atom stereocenters. The van der Waals surface area contributed by atoms with Gasteiger partial charge in [-0.1, -0.05) is 30.3 Å². The number of ether oxygens (including phenoxy) is 4. The lowest BCUT2D eigenvalue weighted by molar-refractivity contribution is -0.192. The van der Waals surface area contributed by atoms with Gasteiger partial charge in [0.1, 0.15) is 0 Å². The van der Waals surface area contributed by atoms with Gasteiger partial charge in [0.2, 0.25) is 0 Å². The van der Waals surface area contributed by atoms with Crippen molar-refractivity contribution < 1.29 is 36.9 Å². The lowest BCUT2D eigenvalue weighted by atomic mass is 9.87. The number of carbonyl (C=O) groups is 1. The van der Waals surface area contributed by atoms with Gasteiger partial charge in [0.25, 0.3) is 0 Å². The second kappa shape index (κ2) is 10.4. The molecule has 0 fully saturated rings. The zero-order valence-corrected chi connectivity index (χ0v) is 19.1. The van der Waals surface area contributed by atoms with Gasteiger partial charge in [0.05, 0.1) is 20.8 Å². The number of fused-ring (bicyclic) bond motifs is 2. The van der Waals surface area contributed by atoms with Crippen LogP contribution in [-0.2, 0) is 27.1 Å². The van der Waals surface area contributed by atoms with Gasteiger partial charge >= 0.3 is 12.1 Å². The van der Waals surface area contributed by atoms with Gasteiger partial charge in [-0.3, -0.25) is 4.79 Å². The van der Waals surface area contributed by atoms with Gasteiger partial charge in [0.15, 0.2) is 17.8 Å². The van der Waals surface area contributed by atoms with Gasteiger partial charge in [-0.2, -0.15) is 13.2 Å². The minimum absolute atomic E-state index is 0.207. The van der Waals surface area contributed by atoms with Crippen molar-refractivity contribution in [3.63, 3.8) is 0 Å². The number of alkyl halides is 3. The highest BCUT2D eigenvalue weighted by atomic mass is 19.4. The smallest absolute Gasteiger partial charge is 0.471 e.